The molecule has 2 aliphatic heterocycles. The molecule has 0 atom stereocenters. The van der Waals surface area contributed by atoms with E-state index < -0.39 is 0 Å². The summed E-state index contributed by atoms with van der Waals surface area (Å²) in [5, 5.41) is 2.95. The molecule has 0 saturated carbocycles. The zero-order valence-electron chi connectivity index (χ0n) is 15.6. The molecule has 2 aromatic heterocycles. The predicted octanol–water partition coefficient (Wildman–Crippen LogP) is 1.36. The number of hydrogen-bond acceptors (Lipinski definition) is 6. The summed E-state index contributed by atoms with van der Waals surface area (Å²) in [6.45, 7) is 5.13. The molecule has 2 aromatic rings. The number of aromatic nitrogens is 3. The summed E-state index contributed by atoms with van der Waals surface area (Å²) in [7, 11) is 0. The van der Waals surface area contributed by atoms with Gasteiger partial charge in [0.05, 0.1) is 31.1 Å². The van der Waals surface area contributed by atoms with Gasteiger partial charge in [-0.25, -0.2) is 9.97 Å². The van der Waals surface area contributed by atoms with E-state index in [0.717, 1.165) is 49.6 Å². The maximum absolute atomic E-state index is 12.3. The van der Waals surface area contributed by atoms with Crippen molar-refractivity contribution < 1.29 is 9.53 Å². The molecular formula is C20H25N5O2. The molecule has 1 spiro atoms. The summed E-state index contributed by atoms with van der Waals surface area (Å²) in [5.74, 6) is 0.815. The average molecular weight is 367 g/mol. The first-order valence-corrected chi connectivity index (χ1v) is 9.51. The molecule has 27 heavy (non-hydrogen) atoms. The number of fused-ring (bicyclic) bond motifs is 2. The van der Waals surface area contributed by atoms with Crippen LogP contribution in [0.5, 0.6) is 0 Å². The van der Waals surface area contributed by atoms with Crippen molar-refractivity contribution in [2.75, 3.05) is 26.2 Å². The van der Waals surface area contributed by atoms with E-state index in [1.54, 1.807) is 6.20 Å². The van der Waals surface area contributed by atoms with E-state index in [0.29, 0.717) is 19.7 Å². The lowest BCUT2D eigenvalue weighted by atomic mass is 9.83. The van der Waals surface area contributed by atoms with Gasteiger partial charge < -0.3 is 10.1 Å². The molecule has 0 unspecified atom stereocenters. The quantitative estimate of drug-likeness (QED) is 0.879. The number of pyridine rings is 1. The maximum Gasteiger partial charge on any atom is 0.234 e. The van der Waals surface area contributed by atoms with Gasteiger partial charge in [0.2, 0.25) is 5.91 Å². The van der Waals surface area contributed by atoms with Gasteiger partial charge in [0.1, 0.15) is 11.4 Å². The SMILES string of the molecule is Cc1ncc2c(n1)C1(CCN(CC(=O)NCc3ccccn3)CC1)OCC2. The summed E-state index contributed by atoms with van der Waals surface area (Å²) in [6.07, 6.45) is 6.25. The van der Waals surface area contributed by atoms with Crippen LogP contribution in [0.15, 0.2) is 30.6 Å². The van der Waals surface area contributed by atoms with Gasteiger partial charge in [-0.05, 0) is 43.9 Å². The average Bonchev–Trinajstić information content (AvgIpc) is 2.70. The van der Waals surface area contributed by atoms with Crippen molar-refractivity contribution in [3.8, 4) is 0 Å². The smallest absolute Gasteiger partial charge is 0.234 e. The van der Waals surface area contributed by atoms with E-state index in [9.17, 15) is 4.79 Å². The first kappa shape index (κ1) is 18.0. The standard InChI is InChI=1S/C20H25N5O2/c1-15-22-12-16-5-11-27-20(19(16)24-15)6-9-25(10-7-20)14-18(26)23-13-17-4-2-3-8-21-17/h2-4,8,12H,5-7,9-11,13-14H2,1H3,(H,23,26). The molecule has 142 valence electrons. The maximum atomic E-state index is 12.3. The summed E-state index contributed by atoms with van der Waals surface area (Å²) < 4.78 is 6.22. The summed E-state index contributed by atoms with van der Waals surface area (Å²) >= 11 is 0. The summed E-state index contributed by atoms with van der Waals surface area (Å²) in [6, 6.07) is 5.70. The fourth-order valence-electron chi connectivity index (χ4n) is 3.90. The second-order valence-corrected chi connectivity index (χ2v) is 7.26. The second kappa shape index (κ2) is 7.70. The third kappa shape index (κ3) is 3.99. The summed E-state index contributed by atoms with van der Waals surface area (Å²) in [4.78, 5) is 27.7. The highest BCUT2D eigenvalue weighted by Gasteiger charge is 2.42. The van der Waals surface area contributed by atoms with Gasteiger partial charge in [-0.1, -0.05) is 6.07 Å². The number of nitrogens with zero attached hydrogens (tertiary/aromatic N) is 4. The first-order chi connectivity index (χ1) is 13.1. The highest BCUT2D eigenvalue weighted by atomic mass is 16.5. The number of rotatable bonds is 4. The molecule has 0 aliphatic carbocycles. The molecular weight excluding hydrogens is 342 g/mol. The van der Waals surface area contributed by atoms with Crippen molar-refractivity contribution in [2.45, 2.75) is 38.3 Å². The topological polar surface area (TPSA) is 80.2 Å². The van der Waals surface area contributed by atoms with Crippen molar-refractivity contribution in [1.29, 1.82) is 0 Å². The zero-order chi connectivity index (χ0) is 18.7. The van der Waals surface area contributed by atoms with E-state index in [4.69, 9.17) is 9.72 Å². The molecule has 7 nitrogen and oxygen atoms in total. The van der Waals surface area contributed by atoms with E-state index >= 15 is 0 Å². The molecule has 0 bridgehead atoms. The minimum Gasteiger partial charge on any atom is -0.368 e. The van der Waals surface area contributed by atoms with Crippen LogP contribution in [0.2, 0.25) is 0 Å². The molecule has 4 rings (SSSR count). The van der Waals surface area contributed by atoms with Crippen molar-refractivity contribution >= 4 is 5.91 Å². The number of carbonyl (C=O) groups is 1. The lowest BCUT2D eigenvalue weighted by Gasteiger charge is -2.43. The van der Waals surface area contributed by atoms with Gasteiger partial charge in [-0.2, -0.15) is 0 Å². The van der Waals surface area contributed by atoms with Crippen LogP contribution in [0, 0.1) is 6.92 Å². The molecule has 1 fully saturated rings. The van der Waals surface area contributed by atoms with Crippen LogP contribution in [0.25, 0.3) is 0 Å². The normalized spacial score (nSPS) is 18.9. The third-order valence-corrected chi connectivity index (χ3v) is 5.39. The summed E-state index contributed by atoms with van der Waals surface area (Å²) in [5.41, 5.74) is 2.81. The van der Waals surface area contributed by atoms with Gasteiger partial charge in [0.25, 0.3) is 0 Å². The van der Waals surface area contributed by atoms with Crippen LogP contribution >= 0.6 is 0 Å². The Bertz CT molecular complexity index is 803. The van der Waals surface area contributed by atoms with Crippen LogP contribution in [-0.4, -0.2) is 52.0 Å². The Kier molecular flexibility index (Phi) is 5.13. The van der Waals surface area contributed by atoms with E-state index in [1.165, 1.54) is 5.56 Å². The number of aryl methyl sites for hydroxylation is 1. The number of carbonyl (C=O) groups excluding carboxylic acids is 1. The minimum atomic E-state index is -0.317. The highest BCUT2D eigenvalue weighted by molar-refractivity contribution is 5.77. The van der Waals surface area contributed by atoms with Gasteiger partial charge in [0.15, 0.2) is 0 Å². The Labute approximate surface area is 159 Å². The molecule has 0 radical (unpaired) electrons. The lowest BCUT2D eigenvalue weighted by molar-refractivity contribution is -0.126. The van der Waals surface area contributed by atoms with Crippen LogP contribution < -0.4 is 5.32 Å². The highest BCUT2D eigenvalue weighted by Crippen LogP contribution is 2.40. The monoisotopic (exact) mass is 367 g/mol. The molecule has 1 amide bonds. The molecule has 7 heteroatoms. The number of amides is 1. The lowest BCUT2D eigenvalue weighted by Crippen LogP contribution is -2.49. The van der Waals surface area contributed by atoms with E-state index in [2.05, 4.69) is 20.2 Å². The molecule has 4 heterocycles. The number of piperidine rings is 1. The first-order valence-electron chi connectivity index (χ1n) is 9.51. The van der Waals surface area contributed by atoms with Crippen LogP contribution in [-0.2, 0) is 28.1 Å². The predicted molar refractivity (Wildman–Crippen MR) is 99.9 cm³/mol. The second-order valence-electron chi connectivity index (χ2n) is 7.26. The molecule has 0 aromatic carbocycles. The Balaban J connectivity index is 1.33. The Hall–Kier alpha value is -2.38. The van der Waals surface area contributed by atoms with Crippen LogP contribution in [0.3, 0.4) is 0 Å². The fourth-order valence-corrected chi connectivity index (χ4v) is 3.90. The Morgan fingerprint density at radius 3 is 2.93 bits per heavy atom. The minimum absolute atomic E-state index is 0.0275. The van der Waals surface area contributed by atoms with Crippen molar-refractivity contribution in [3.63, 3.8) is 0 Å². The number of ether oxygens (including phenoxy) is 1. The molecule has 1 N–H and O–H groups in total. The Morgan fingerprint density at radius 1 is 1.30 bits per heavy atom. The number of nitrogens with one attached hydrogen (secondary N) is 1. The van der Waals surface area contributed by atoms with Crippen molar-refractivity contribution in [1.82, 2.24) is 25.2 Å². The van der Waals surface area contributed by atoms with Gasteiger partial charge in [-0.3, -0.25) is 14.7 Å². The van der Waals surface area contributed by atoms with Crippen LogP contribution in [0.4, 0.5) is 0 Å². The van der Waals surface area contributed by atoms with Crippen LogP contribution in [0.1, 0.15) is 35.6 Å². The van der Waals surface area contributed by atoms with Gasteiger partial charge in [-0.15, -0.1) is 0 Å². The van der Waals surface area contributed by atoms with Gasteiger partial charge >= 0.3 is 0 Å². The van der Waals surface area contributed by atoms with E-state index in [1.807, 2.05) is 31.3 Å². The molecule has 2 aliphatic rings. The fraction of sp³-hybridized carbons (Fsp3) is 0.500. The third-order valence-electron chi connectivity index (χ3n) is 5.39. The van der Waals surface area contributed by atoms with Gasteiger partial charge in [0, 0.05) is 25.5 Å². The zero-order valence-corrected chi connectivity index (χ0v) is 15.6. The van der Waals surface area contributed by atoms with E-state index in [-0.39, 0.29) is 11.5 Å². The number of likely N-dealkylation sites (tertiary alicyclic amines) is 1. The largest absolute Gasteiger partial charge is 0.368 e. The van der Waals surface area contributed by atoms with Crippen molar-refractivity contribution in [2.24, 2.45) is 0 Å². The molecule has 1 saturated heterocycles. The Morgan fingerprint density at radius 2 is 2.15 bits per heavy atom. The number of hydrogen-bond donors (Lipinski definition) is 1. The van der Waals surface area contributed by atoms with Crippen molar-refractivity contribution in [3.05, 3.63) is 53.4 Å².